The van der Waals surface area contributed by atoms with Crippen LogP contribution in [0.3, 0.4) is 0 Å². The Morgan fingerprint density at radius 2 is 2.00 bits per heavy atom. The van der Waals surface area contributed by atoms with Crippen molar-refractivity contribution in [2.24, 2.45) is 0 Å². The Hall–Kier alpha value is -1.84. The molecule has 0 amide bonds. The highest BCUT2D eigenvalue weighted by Crippen LogP contribution is 2.22. The molecule has 0 radical (unpaired) electrons. The molecule has 72 valence electrons. The Morgan fingerprint density at radius 1 is 1.29 bits per heavy atom. The lowest BCUT2D eigenvalue weighted by molar-refractivity contribution is 0.371. The van der Waals surface area contributed by atoms with Crippen LogP contribution in [-0.2, 0) is 0 Å². The summed E-state index contributed by atoms with van der Waals surface area (Å²) >= 11 is 0. The fourth-order valence-corrected chi connectivity index (χ4v) is 1.31. The van der Waals surface area contributed by atoms with E-state index in [9.17, 15) is 0 Å². The van der Waals surface area contributed by atoms with Crippen molar-refractivity contribution in [1.82, 2.24) is 10.1 Å². The number of aromatic nitrogens is 2. The molecule has 4 nitrogen and oxygen atoms in total. The molecule has 1 aromatic heterocycles. The van der Waals surface area contributed by atoms with E-state index in [1.807, 2.05) is 37.3 Å². The summed E-state index contributed by atoms with van der Waals surface area (Å²) in [6.07, 6.45) is 0. The largest absolute Gasteiger partial charge is 0.365 e. The minimum Gasteiger partial charge on any atom is -0.365 e. The Bertz CT molecular complexity index is 410. The second-order valence-corrected chi connectivity index (χ2v) is 3.12. The normalized spacial score (nSPS) is 12.6. The highest BCUT2D eigenvalue weighted by molar-refractivity contribution is 5.25. The SMILES string of the molecule is CC(c1ccccc1)c1nc(N)no1. The van der Waals surface area contributed by atoms with Gasteiger partial charge in [-0.15, -0.1) is 0 Å². The highest BCUT2D eigenvalue weighted by Gasteiger charge is 2.14. The molecular formula is C10H11N3O. The van der Waals surface area contributed by atoms with Crippen molar-refractivity contribution >= 4 is 5.95 Å². The smallest absolute Gasteiger partial charge is 0.260 e. The van der Waals surface area contributed by atoms with Gasteiger partial charge >= 0.3 is 0 Å². The van der Waals surface area contributed by atoms with Crippen LogP contribution >= 0.6 is 0 Å². The Kier molecular flexibility index (Phi) is 2.18. The molecule has 2 rings (SSSR count). The average molecular weight is 189 g/mol. The molecule has 0 fully saturated rings. The van der Waals surface area contributed by atoms with Gasteiger partial charge in [0.25, 0.3) is 5.95 Å². The maximum absolute atomic E-state index is 5.38. The minimum absolute atomic E-state index is 0.0843. The van der Waals surface area contributed by atoms with E-state index in [-0.39, 0.29) is 11.9 Å². The van der Waals surface area contributed by atoms with Crippen molar-refractivity contribution in [2.45, 2.75) is 12.8 Å². The first-order chi connectivity index (χ1) is 6.77. The Morgan fingerprint density at radius 3 is 2.57 bits per heavy atom. The minimum atomic E-state index is 0.0843. The monoisotopic (exact) mass is 189 g/mol. The predicted octanol–water partition coefficient (Wildman–Crippen LogP) is 1.80. The van der Waals surface area contributed by atoms with E-state index in [0.717, 1.165) is 5.56 Å². The van der Waals surface area contributed by atoms with Gasteiger partial charge in [0, 0.05) is 0 Å². The van der Waals surface area contributed by atoms with Gasteiger partial charge < -0.3 is 10.3 Å². The van der Waals surface area contributed by atoms with E-state index in [1.54, 1.807) is 0 Å². The summed E-state index contributed by atoms with van der Waals surface area (Å²) in [7, 11) is 0. The zero-order chi connectivity index (χ0) is 9.97. The number of benzene rings is 1. The number of nitrogens with zero attached hydrogens (tertiary/aromatic N) is 2. The number of anilines is 1. The van der Waals surface area contributed by atoms with Crippen LogP contribution < -0.4 is 5.73 Å². The van der Waals surface area contributed by atoms with Crippen LogP contribution in [0.4, 0.5) is 5.95 Å². The summed E-state index contributed by atoms with van der Waals surface area (Å²) in [5.74, 6) is 0.817. The number of nitrogen functional groups attached to an aromatic ring is 1. The molecule has 0 aliphatic rings. The third-order valence-corrected chi connectivity index (χ3v) is 2.13. The van der Waals surface area contributed by atoms with Gasteiger partial charge in [0.1, 0.15) is 0 Å². The summed E-state index contributed by atoms with van der Waals surface area (Å²) in [4.78, 5) is 3.99. The van der Waals surface area contributed by atoms with Crippen molar-refractivity contribution in [1.29, 1.82) is 0 Å². The van der Waals surface area contributed by atoms with Crippen LogP contribution in [0, 0.1) is 0 Å². The lowest BCUT2D eigenvalue weighted by atomic mass is 10.0. The first kappa shape index (κ1) is 8.74. The Labute approximate surface area is 81.7 Å². The Balaban J connectivity index is 2.29. The molecule has 4 heteroatoms. The third-order valence-electron chi connectivity index (χ3n) is 2.13. The molecule has 14 heavy (non-hydrogen) atoms. The van der Waals surface area contributed by atoms with Gasteiger partial charge in [-0.3, -0.25) is 0 Å². The standard InChI is InChI=1S/C10H11N3O/c1-7(8-5-3-2-4-6-8)9-12-10(11)13-14-9/h2-7H,1H3,(H2,11,13). The summed E-state index contributed by atoms with van der Waals surface area (Å²) < 4.78 is 4.99. The van der Waals surface area contributed by atoms with Crippen molar-refractivity contribution in [3.05, 3.63) is 41.8 Å². The van der Waals surface area contributed by atoms with Gasteiger partial charge in [-0.05, 0) is 17.6 Å². The van der Waals surface area contributed by atoms with Crippen molar-refractivity contribution in [2.75, 3.05) is 5.73 Å². The molecular weight excluding hydrogens is 178 g/mol. The summed E-state index contributed by atoms with van der Waals surface area (Å²) in [6, 6.07) is 9.96. The summed E-state index contributed by atoms with van der Waals surface area (Å²) in [5.41, 5.74) is 6.51. The van der Waals surface area contributed by atoms with Crippen LogP contribution in [0.1, 0.15) is 24.3 Å². The fraction of sp³-hybridized carbons (Fsp3) is 0.200. The van der Waals surface area contributed by atoms with E-state index < -0.39 is 0 Å². The van der Waals surface area contributed by atoms with E-state index in [2.05, 4.69) is 10.1 Å². The molecule has 1 aromatic carbocycles. The first-order valence-electron chi connectivity index (χ1n) is 4.41. The van der Waals surface area contributed by atoms with Gasteiger partial charge in [0.2, 0.25) is 5.89 Å². The van der Waals surface area contributed by atoms with E-state index in [4.69, 9.17) is 10.3 Å². The lowest BCUT2D eigenvalue weighted by Gasteiger charge is -2.05. The number of nitrogens with two attached hydrogens (primary N) is 1. The van der Waals surface area contributed by atoms with E-state index in [1.165, 1.54) is 0 Å². The highest BCUT2D eigenvalue weighted by atomic mass is 16.5. The molecule has 0 aliphatic carbocycles. The van der Waals surface area contributed by atoms with Crippen molar-refractivity contribution < 1.29 is 4.52 Å². The molecule has 0 aliphatic heterocycles. The molecule has 0 bridgehead atoms. The molecule has 2 N–H and O–H groups in total. The molecule has 0 saturated carbocycles. The van der Waals surface area contributed by atoms with Gasteiger partial charge in [-0.1, -0.05) is 30.3 Å². The molecule has 1 heterocycles. The predicted molar refractivity (Wildman–Crippen MR) is 52.7 cm³/mol. The second-order valence-electron chi connectivity index (χ2n) is 3.12. The third kappa shape index (κ3) is 1.59. The van der Waals surface area contributed by atoms with Crippen LogP contribution in [0.5, 0.6) is 0 Å². The number of hydrogen-bond acceptors (Lipinski definition) is 4. The van der Waals surface area contributed by atoms with Crippen LogP contribution in [0.25, 0.3) is 0 Å². The number of hydrogen-bond donors (Lipinski definition) is 1. The maximum Gasteiger partial charge on any atom is 0.260 e. The van der Waals surface area contributed by atoms with Crippen molar-refractivity contribution in [3.8, 4) is 0 Å². The van der Waals surface area contributed by atoms with Gasteiger partial charge in [-0.25, -0.2) is 0 Å². The first-order valence-corrected chi connectivity index (χ1v) is 4.41. The average Bonchev–Trinajstić information content (AvgIpc) is 2.65. The van der Waals surface area contributed by atoms with E-state index >= 15 is 0 Å². The molecule has 2 aromatic rings. The summed E-state index contributed by atoms with van der Waals surface area (Å²) in [6.45, 7) is 2.00. The fourth-order valence-electron chi connectivity index (χ4n) is 1.31. The topological polar surface area (TPSA) is 64.9 Å². The van der Waals surface area contributed by atoms with Gasteiger partial charge in [0.15, 0.2) is 0 Å². The zero-order valence-corrected chi connectivity index (χ0v) is 7.84. The number of rotatable bonds is 2. The van der Waals surface area contributed by atoms with E-state index in [0.29, 0.717) is 5.89 Å². The van der Waals surface area contributed by atoms with Crippen molar-refractivity contribution in [3.63, 3.8) is 0 Å². The van der Waals surface area contributed by atoms with Gasteiger partial charge in [0.05, 0.1) is 5.92 Å². The molecule has 0 saturated heterocycles. The quantitative estimate of drug-likeness (QED) is 0.782. The van der Waals surface area contributed by atoms with Crippen LogP contribution in [-0.4, -0.2) is 10.1 Å². The maximum atomic E-state index is 5.38. The molecule has 1 atom stereocenters. The van der Waals surface area contributed by atoms with Crippen LogP contribution in [0.2, 0.25) is 0 Å². The molecule has 0 spiro atoms. The second kappa shape index (κ2) is 3.49. The zero-order valence-electron chi connectivity index (χ0n) is 7.84. The van der Waals surface area contributed by atoms with Gasteiger partial charge in [-0.2, -0.15) is 4.98 Å². The summed E-state index contributed by atoms with van der Waals surface area (Å²) in [5, 5.41) is 3.55. The van der Waals surface area contributed by atoms with Crippen LogP contribution in [0.15, 0.2) is 34.9 Å². The lowest BCUT2D eigenvalue weighted by Crippen LogP contribution is -1.96. The molecule has 1 unspecified atom stereocenters.